The van der Waals surface area contributed by atoms with Crippen LogP contribution >= 0.6 is 0 Å². The van der Waals surface area contributed by atoms with Crippen molar-refractivity contribution in [3.63, 3.8) is 0 Å². The molecule has 0 aromatic heterocycles. The first-order valence-corrected chi connectivity index (χ1v) is 7.92. The number of nitrogens with zero attached hydrogens (tertiary/aromatic N) is 1. The molecule has 1 aliphatic heterocycles. The summed E-state index contributed by atoms with van der Waals surface area (Å²) in [4.78, 5) is 25.3. The average molecular weight is 298 g/mol. The molecule has 3 atom stereocenters. The number of likely N-dealkylation sites (N-methyl/N-ethyl adjacent to an activating group) is 1. The number of hydrogen-bond acceptors (Lipinski definition) is 3. The number of amides is 2. The summed E-state index contributed by atoms with van der Waals surface area (Å²) in [7, 11) is 0. The van der Waals surface area contributed by atoms with Gasteiger partial charge in [-0.05, 0) is 32.6 Å². The Hall–Kier alpha value is -1.30. The quantitative estimate of drug-likeness (QED) is 0.809. The lowest BCUT2D eigenvalue weighted by atomic mass is 9.99. The van der Waals surface area contributed by atoms with Crippen molar-refractivity contribution in [2.75, 3.05) is 19.8 Å². The van der Waals surface area contributed by atoms with Gasteiger partial charge < -0.3 is 20.1 Å². The first-order valence-electron chi connectivity index (χ1n) is 7.92. The fourth-order valence-electron chi connectivity index (χ4n) is 3.47. The van der Waals surface area contributed by atoms with Crippen molar-refractivity contribution >= 4 is 12.0 Å². The van der Waals surface area contributed by atoms with Crippen LogP contribution in [0.1, 0.15) is 39.5 Å². The zero-order chi connectivity index (χ0) is 15.4. The van der Waals surface area contributed by atoms with Crippen molar-refractivity contribution in [3.8, 4) is 0 Å². The molecule has 1 saturated carbocycles. The molecule has 1 heterocycles. The number of carbonyl (C=O) groups excluding carboxylic acids is 1. The largest absolute Gasteiger partial charge is 0.481 e. The maximum atomic E-state index is 12.5. The Morgan fingerprint density at radius 3 is 2.57 bits per heavy atom. The van der Waals surface area contributed by atoms with Crippen LogP contribution in [0.4, 0.5) is 4.79 Å². The molecule has 0 bridgehead atoms. The lowest BCUT2D eigenvalue weighted by Gasteiger charge is -2.31. The molecule has 0 aromatic rings. The molecule has 2 aliphatic rings. The minimum absolute atomic E-state index is 0.139. The molecule has 6 nitrogen and oxygen atoms in total. The summed E-state index contributed by atoms with van der Waals surface area (Å²) in [6.07, 6.45) is 4.80. The van der Waals surface area contributed by atoms with Crippen molar-refractivity contribution < 1.29 is 19.4 Å². The minimum atomic E-state index is -0.896. The second-order valence-electron chi connectivity index (χ2n) is 6.12. The Labute approximate surface area is 125 Å². The fraction of sp³-hybridized carbons (Fsp3) is 0.867. The molecule has 21 heavy (non-hydrogen) atoms. The fourth-order valence-corrected chi connectivity index (χ4v) is 3.47. The SMILES string of the molecule is CCN(C(=O)NC(C)C1CCCC1)C1COCC1C(=O)O. The van der Waals surface area contributed by atoms with Crippen LogP contribution in [0.25, 0.3) is 0 Å². The van der Waals surface area contributed by atoms with Crippen molar-refractivity contribution in [2.45, 2.75) is 51.6 Å². The van der Waals surface area contributed by atoms with E-state index in [0.717, 1.165) is 12.8 Å². The van der Waals surface area contributed by atoms with Gasteiger partial charge in [0.25, 0.3) is 0 Å². The van der Waals surface area contributed by atoms with E-state index in [1.54, 1.807) is 4.90 Å². The number of nitrogens with one attached hydrogen (secondary N) is 1. The van der Waals surface area contributed by atoms with E-state index in [-0.39, 0.29) is 24.7 Å². The van der Waals surface area contributed by atoms with E-state index in [4.69, 9.17) is 4.74 Å². The highest BCUT2D eigenvalue weighted by atomic mass is 16.5. The van der Waals surface area contributed by atoms with E-state index in [2.05, 4.69) is 5.32 Å². The topological polar surface area (TPSA) is 78.9 Å². The Bertz CT molecular complexity index is 382. The zero-order valence-electron chi connectivity index (χ0n) is 12.9. The highest BCUT2D eigenvalue weighted by Crippen LogP contribution is 2.28. The molecule has 1 aliphatic carbocycles. The second kappa shape index (κ2) is 7.11. The molecular weight excluding hydrogens is 272 g/mol. The normalized spacial score (nSPS) is 27.5. The number of urea groups is 1. The lowest BCUT2D eigenvalue weighted by molar-refractivity contribution is -0.142. The van der Waals surface area contributed by atoms with Crippen molar-refractivity contribution in [1.29, 1.82) is 0 Å². The summed E-state index contributed by atoms with van der Waals surface area (Å²) in [5, 5.41) is 12.3. The van der Waals surface area contributed by atoms with Crippen molar-refractivity contribution in [1.82, 2.24) is 10.2 Å². The molecule has 1 saturated heterocycles. The van der Waals surface area contributed by atoms with Gasteiger partial charge >= 0.3 is 12.0 Å². The number of rotatable bonds is 5. The standard InChI is InChI=1S/C15H26N2O4/c1-3-17(13-9-21-8-12(13)14(18)19)15(20)16-10(2)11-6-4-5-7-11/h10-13H,3-9H2,1-2H3,(H,16,20)(H,18,19). The maximum Gasteiger partial charge on any atom is 0.317 e. The predicted molar refractivity (Wildman–Crippen MR) is 78.1 cm³/mol. The molecule has 3 unspecified atom stereocenters. The van der Waals surface area contributed by atoms with E-state index in [9.17, 15) is 14.7 Å². The lowest BCUT2D eigenvalue weighted by Crippen LogP contribution is -2.53. The first-order chi connectivity index (χ1) is 10.0. The van der Waals surface area contributed by atoms with Gasteiger partial charge in [-0.2, -0.15) is 0 Å². The highest BCUT2D eigenvalue weighted by molar-refractivity contribution is 5.77. The molecule has 0 spiro atoms. The monoisotopic (exact) mass is 298 g/mol. The third kappa shape index (κ3) is 3.67. The van der Waals surface area contributed by atoms with Crippen LogP contribution in [0.15, 0.2) is 0 Å². The van der Waals surface area contributed by atoms with Gasteiger partial charge in [0.2, 0.25) is 0 Å². The Balaban J connectivity index is 1.96. The zero-order valence-corrected chi connectivity index (χ0v) is 12.9. The van der Waals surface area contributed by atoms with Crippen LogP contribution in [0.3, 0.4) is 0 Å². The summed E-state index contributed by atoms with van der Waals surface area (Å²) in [6.45, 7) is 4.89. The van der Waals surface area contributed by atoms with Gasteiger partial charge in [-0.3, -0.25) is 4.79 Å². The number of carboxylic acids is 1. The van der Waals surface area contributed by atoms with Crippen LogP contribution in [0.5, 0.6) is 0 Å². The van der Waals surface area contributed by atoms with Crippen LogP contribution in [0.2, 0.25) is 0 Å². The van der Waals surface area contributed by atoms with Crippen LogP contribution in [0, 0.1) is 11.8 Å². The van der Waals surface area contributed by atoms with E-state index in [1.807, 2.05) is 13.8 Å². The Morgan fingerprint density at radius 2 is 2.00 bits per heavy atom. The summed E-state index contributed by atoms with van der Waals surface area (Å²) in [5.41, 5.74) is 0. The van der Waals surface area contributed by atoms with Gasteiger partial charge in [0.05, 0.1) is 19.3 Å². The number of carbonyl (C=O) groups is 2. The Morgan fingerprint density at radius 1 is 1.33 bits per heavy atom. The van der Waals surface area contributed by atoms with Crippen LogP contribution in [-0.4, -0.2) is 53.8 Å². The molecule has 2 N–H and O–H groups in total. The first kappa shape index (κ1) is 16.1. The smallest absolute Gasteiger partial charge is 0.317 e. The summed E-state index contributed by atoms with van der Waals surface area (Å²) in [6, 6.07) is -0.401. The highest BCUT2D eigenvalue weighted by Gasteiger charge is 2.40. The summed E-state index contributed by atoms with van der Waals surface area (Å²) >= 11 is 0. The average Bonchev–Trinajstić information content (AvgIpc) is 3.10. The maximum absolute atomic E-state index is 12.5. The van der Waals surface area contributed by atoms with Gasteiger partial charge in [0.1, 0.15) is 5.92 Å². The molecule has 120 valence electrons. The van der Waals surface area contributed by atoms with E-state index >= 15 is 0 Å². The van der Waals surface area contributed by atoms with Crippen LogP contribution in [-0.2, 0) is 9.53 Å². The van der Waals surface area contributed by atoms with Crippen LogP contribution < -0.4 is 5.32 Å². The summed E-state index contributed by atoms with van der Waals surface area (Å²) in [5.74, 6) is -0.979. The molecule has 0 radical (unpaired) electrons. The molecule has 6 heteroatoms. The Kier molecular flexibility index (Phi) is 5.45. The molecule has 2 fully saturated rings. The van der Waals surface area contributed by atoms with Gasteiger partial charge in [-0.1, -0.05) is 12.8 Å². The third-order valence-corrected chi connectivity index (χ3v) is 4.83. The second-order valence-corrected chi connectivity index (χ2v) is 6.12. The number of hydrogen-bond donors (Lipinski definition) is 2. The number of ether oxygens (including phenoxy) is 1. The number of aliphatic carboxylic acids is 1. The molecular formula is C15H26N2O4. The summed E-state index contributed by atoms with van der Waals surface area (Å²) < 4.78 is 5.27. The van der Waals surface area contributed by atoms with E-state index in [1.165, 1.54) is 12.8 Å². The van der Waals surface area contributed by atoms with Gasteiger partial charge in [-0.15, -0.1) is 0 Å². The van der Waals surface area contributed by atoms with Crippen molar-refractivity contribution in [2.24, 2.45) is 11.8 Å². The van der Waals surface area contributed by atoms with Crippen molar-refractivity contribution in [3.05, 3.63) is 0 Å². The van der Waals surface area contributed by atoms with Gasteiger partial charge in [-0.25, -0.2) is 4.79 Å². The molecule has 0 aromatic carbocycles. The number of carboxylic acid groups (broad SMARTS) is 1. The predicted octanol–water partition coefficient (Wildman–Crippen LogP) is 1.70. The van der Waals surface area contributed by atoms with E-state index in [0.29, 0.717) is 19.1 Å². The minimum Gasteiger partial charge on any atom is -0.481 e. The van der Waals surface area contributed by atoms with E-state index < -0.39 is 11.9 Å². The van der Waals surface area contributed by atoms with Gasteiger partial charge in [0.15, 0.2) is 0 Å². The van der Waals surface area contributed by atoms with Gasteiger partial charge in [0, 0.05) is 12.6 Å². The third-order valence-electron chi connectivity index (χ3n) is 4.83. The molecule has 2 amide bonds. The molecule has 2 rings (SSSR count).